The lowest BCUT2D eigenvalue weighted by Crippen LogP contribution is -2.25. The highest BCUT2D eigenvalue weighted by molar-refractivity contribution is 5.95. The Morgan fingerprint density at radius 3 is 2.56 bits per heavy atom. The molecular formula is C18H27ClFN3O2. The van der Waals surface area contributed by atoms with Crippen LogP contribution in [-0.4, -0.2) is 25.4 Å². The van der Waals surface area contributed by atoms with E-state index in [2.05, 4.69) is 16.0 Å². The van der Waals surface area contributed by atoms with Crippen molar-refractivity contribution in [3.05, 3.63) is 24.0 Å². The van der Waals surface area contributed by atoms with E-state index >= 15 is 0 Å². The summed E-state index contributed by atoms with van der Waals surface area (Å²) in [6.45, 7) is 0.763. The summed E-state index contributed by atoms with van der Waals surface area (Å²) in [5, 5.41) is 8.39. The molecule has 0 spiro atoms. The van der Waals surface area contributed by atoms with Gasteiger partial charge in [-0.1, -0.05) is 19.3 Å². The quantitative estimate of drug-likeness (QED) is 0.640. The number of carbonyl (C=O) groups is 2. The maximum Gasteiger partial charge on any atom is 0.227 e. The molecule has 0 heterocycles. The minimum atomic E-state index is -0.493. The van der Waals surface area contributed by atoms with Crippen LogP contribution >= 0.6 is 12.4 Å². The molecule has 3 N–H and O–H groups in total. The number of carbonyl (C=O) groups excluding carboxylic acids is 2. The molecule has 140 valence electrons. The molecule has 2 rings (SSSR count). The predicted octanol–water partition coefficient (Wildman–Crippen LogP) is 3.70. The van der Waals surface area contributed by atoms with Crippen molar-refractivity contribution in [1.29, 1.82) is 0 Å². The van der Waals surface area contributed by atoms with Gasteiger partial charge in [-0.25, -0.2) is 4.39 Å². The van der Waals surface area contributed by atoms with Crippen LogP contribution in [0.2, 0.25) is 0 Å². The van der Waals surface area contributed by atoms with Crippen LogP contribution in [0.5, 0.6) is 0 Å². The van der Waals surface area contributed by atoms with E-state index in [9.17, 15) is 14.0 Å². The highest BCUT2D eigenvalue weighted by Gasteiger charge is 2.22. The van der Waals surface area contributed by atoms with Crippen molar-refractivity contribution in [2.24, 2.45) is 5.92 Å². The van der Waals surface area contributed by atoms with E-state index in [4.69, 9.17) is 0 Å². The molecule has 0 atom stereocenters. The van der Waals surface area contributed by atoms with Crippen LogP contribution in [0.1, 0.15) is 44.9 Å². The molecule has 0 aromatic heterocycles. The van der Waals surface area contributed by atoms with E-state index in [0.717, 1.165) is 45.1 Å². The number of halogens is 2. The van der Waals surface area contributed by atoms with Gasteiger partial charge < -0.3 is 16.0 Å². The Bertz CT molecular complexity index is 577. The lowest BCUT2D eigenvalue weighted by atomic mass is 9.88. The molecule has 0 unspecified atom stereocenters. The molecule has 1 fully saturated rings. The zero-order chi connectivity index (χ0) is 17.4. The topological polar surface area (TPSA) is 70.2 Å². The van der Waals surface area contributed by atoms with Gasteiger partial charge >= 0.3 is 0 Å². The van der Waals surface area contributed by atoms with Crippen LogP contribution in [0.15, 0.2) is 18.2 Å². The number of nitrogens with one attached hydrogen (secondary N) is 3. The first-order valence-electron chi connectivity index (χ1n) is 8.65. The molecule has 0 bridgehead atoms. The van der Waals surface area contributed by atoms with Gasteiger partial charge in [0, 0.05) is 18.0 Å². The number of anilines is 2. The highest BCUT2D eigenvalue weighted by atomic mass is 35.5. The highest BCUT2D eigenvalue weighted by Crippen LogP contribution is 2.26. The maximum absolute atomic E-state index is 13.9. The van der Waals surface area contributed by atoms with Crippen molar-refractivity contribution in [2.75, 3.05) is 24.2 Å². The van der Waals surface area contributed by atoms with E-state index in [1.54, 1.807) is 0 Å². The van der Waals surface area contributed by atoms with Crippen molar-refractivity contribution in [3.63, 3.8) is 0 Å². The number of hydrogen-bond donors (Lipinski definition) is 3. The molecular weight excluding hydrogens is 345 g/mol. The van der Waals surface area contributed by atoms with Crippen LogP contribution in [0.25, 0.3) is 0 Å². The first-order chi connectivity index (χ1) is 11.6. The van der Waals surface area contributed by atoms with Crippen LogP contribution in [0, 0.1) is 11.7 Å². The van der Waals surface area contributed by atoms with Crippen molar-refractivity contribution in [1.82, 2.24) is 5.32 Å². The molecule has 1 aliphatic rings. The fourth-order valence-electron chi connectivity index (χ4n) is 2.95. The SMILES string of the molecule is CNCCCC(=O)Nc1ccc(F)c(NC(=O)C2CCCCC2)c1.Cl. The van der Waals surface area contributed by atoms with Gasteiger partial charge in [-0.2, -0.15) is 0 Å². The Hall–Kier alpha value is -1.66. The molecule has 1 aliphatic carbocycles. The van der Waals surface area contributed by atoms with E-state index in [1.165, 1.54) is 18.2 Å². The van der Waals surface area contributed by atoms with Gasteiger partial charge in [-0.05, 0) is 51.1 Å². The van der Waals surface area contributed by atoms with Gasteiger partial charge in [-0.15, -0.1) is 12.4 Å². The third kappa shape index (κ3) is 7.00. The Balaban J connectivity index is 0.00000312. The van der Waals surface area contributed by atoms with Gasteiger partial charge in [-0.3, -0.25) is 9.59 Å². The van der Waals surface area contributed by atoms with Crippen LogP contribution < -0.4 is 16.0 Å². The minimum absolute atomic E-state index is 0. The molecule has 0 saturated heterocycles. The third-order valence-corrected chi connectivity index (χ3v) is 4.31. The standard InChI is InChI=1S/C18H26FN3O2.ClH/c1-20-11-5-8-17(23)21-14-9-10-15(19)16(12-14)22-18(24)13-6-3-2-4-7-13;/h9-10,12-13,20H,2-8,11H2,1H3,(H,21,23)(H,22,24);1H. The Morgan fingerprint density at radius 2 is 1.88 bits per heavy atom. The summed E-state index contributed by atoms with van der Waals surface area (Å²) in [4.78, 5) is 24.1. The summed E-state index contributed by atoms with van der Waals surface area (Å²) >= 11 is 0. The van der Waals surface area contributed by atoms with Gasteiger partial charge in [0.2, 0.25) is 11.8 Å². The van der Waals surface area contributed by atoms with E-state index in [0.29, 0.717) is 12.1 Å². The summed E-state index contributed by atoms with van der Waals surface area (Å²) in [6, 6.07) is 4.24. The lowest BCUT2D eigenvalue weighted by molar-refractivity contribution is -0.120. The summed E-state index contributed by atoms with van der Waals surface area (Å²) in [6.07, 6.45) is 6.08. The summed E-state index contributed by atoms with van der Waals surface area (Å²) in [7, 11) is 1.83. The minimum Gasteiger partial charge on any atom is -0.326 e. The zero-order valence-corrected chi connectivity index (χ0v) is 15.4. The molecule has 25 heavy (non-hydrogen) atoms. The zero-order valence-electron chi connectivity index (χ0n) is 14.6. The molecule has 7 heteroatoms. The Morgan fingerprint density at radius 1 is 1.16 bits per heavy atom. The predicted molar refractivity (Wildman–Crippen MR) is 101 cm³/mol. The normalized spacial score (nSPS) is 14.5. The second-order valence-corrected chi connectivity index (χ2v) is 6.27. The van der Waals surface area contributed by atoms with Crippen molar-refractivity contribution < 1.29 is 14.0 Å². The van der Waals surface area contributed by atoms with Crippen LogP contribution in [0.4, 0.5) is 15.8 Å². The second-order valence-electron chi connectivity index (χ2n) is 6.27. The first-order valence-corrected chi connectivity index (χ1v) is 8.65. The second kappa shape index (κ2) is 11.1. The van der Waals surface area contributed by atoms with E-state index in [1.807, 2.05) is 7.05 Å². The van der Waals surface area contributed by atoms with Crippen LogP contribution in [-0.2, 0) is 9.59 Å². The summed E-state index contributed by atoms with van der Waals surface area (Å²) < 4.78 is 13.9. The molecule has 1 aromatic rings. The number of benzene rings is 1. The first kappa shape index (κ1) is 21.4. The fraction of sp³-hybridized carbons (Fsp3) is 0.556. The van der Waals surface area contributed by atoms with E-state index < -0.39 is 5.82 Å². The largest absolute Gasteiger partial charge is 0.326 e. The Kier molecular flexibility index (Phi) is 9.45. The molecule has 0 radical (unpaired) electrons. The van der Waals surface area contributed by atoms with Gasteiger partial charge in [0.25, 0.3) is 0 Å². The monoisotopic (exact) mass is 371 g/mol. The van der Waals surface area contributed by atoms with Gasteiger partial charge in [0.05, 0.1) is 5.69 Å². The smallest absolute Gasteiger partial charge is 0.227 e. The lowest BCUT2D eigenvalue weighted by Gasteiger charge is -2.21. The van der Waals surface area contributed by atoms with E-state index in [-0.39, 0.29) is 35.8 Å². The number of rotatable bonds is 7. The third-order valence-electron chi connectivity index (χ3n) is 4.31. The molecule has 2 amide bonds. The van der Waals surface area contributed by atoms with Crippen molar-refractivity contribution in [2.45, 2.75) is 44.9 Å². The molecule has 5 nitrogen and oxygen atoms in total. The fourth-order valence-corrected chi connectivity index (χ4v) is 2.95. The Labute approximate surface area is 154 Å². The average molecular weight is 372 g/mol. The van der Waals surface area contributed by atoms with Crippen LogP contribution in [0.3, 0.4) is 0 Å². The molecule has 1 aromatic carbocycles. The molecule has 0 aliphatic heterocycles. The number of amides is 2. The molecule has 1 saturated carbocycles. The average Bonchev–Trinajstić information content (AvgIpc) is 2.59. The van der Waals surface area contributed by atoms with Crippen molar-refractivity contribution >= 4 is 35.6 Å². The van der Waals surface area contributed by atoms with Gasteiger partial charge in [0.1, 0.15) is 5.82 Å². The van der Waals surface area contributed by atoms with Gasteiger partial charge in [0.15, 0.2) is 0 Å². The summed E-state index contributed by atoms with van der Waals surface area (Å²) in [5.74, 6) is -0.794. The maximum atomic E-state index is 13.9. The summed E-state index contributed by atoms with van der Waals surface area (Å²) in [5.41, 5.74) is 0.614. The van der Waals surface area contributed by atoms with Crippen molar-refractivity contribution in [3.8, 4) is 0 Å². The number of hydrogen-bond acceptors (Lipinski definition) is 3.